The molecule has 158 valence electrons. The van der Waals surface area contributed by atoms with E-state index in [1.807, 2.05) is 0 Å². The third kappa shape index (κ3) is 4.33. The monoisotopic (exact) mass is 430 g/mol. The predicted octanol–water partition coefficient (Wildman–Crippen LogP) is 5.48. The van der Waals surface area contributed by atoms with Gasteiger partial charge in [-0.1, -0.05) is 24.3 Å². The van der Waals surface area contributed by atoms with E-state index in [0.717, 1.165) is 0 Å². The Morgan fingerprint density at radius 1 is 0.625 bits per heavy atom. The van der Waals surface area contributed by atoms with Crippen LogP contribution in [0.25, 0.3) is 22.6 Å². The number of benzene rings is 2. The molecule has 0 aliphatic heterocycles. The Balaban J connectivity index is 1.47. The zero-order chi connectivity index (χ0) is 22.5. The van der Waals surface area contributed by atoms with Crippen LogP contribution in [0.2, 0.25) is 0 Å². The number of nitro groups is 2. The third-order valence-electron chi connectivity index (χ3n) is 4.42. The molecule has 0 aliphatic carbocycles. The maximum absolute atomic E-state index is 11.2. The molecule has 4 aromatic rings. The predicted molar refractivity (Wildman–Crippen MR) is 117 cm³/mol. The number of furan rings is 2. The molecule has 32 heavy (non-hydrogen) atoms. The van der Waals surface area contributed by atoms with Crippen LogP contribution < -0.4 is 0 Å². The highest BCUT2D eigenvalue weighted by Gasteiger charge is 2.17. The highest BCUT2D eigenvalue weighted by atomic mass is 16.6. The van der Waals surface area contributed by atoms with Crippen LogP contribution in [0.3, 0.4) is 0 Å². The molecule has 0 atom stereocenters. The zero-order valence-electron chi connectivity index (χ0n) is 16.3. The van der Waals surface area contributed by atoms with Crippen LogP contribution in [-0.4, -0.2) is 22.3 Å². The van der Waals surface area contributed by atoms with Gasteiger partial charge >= 0.3 is 0 Å². The summed E-state index contributed by atoms with van der Waals surface area (Å²) >= 11 is 0. The lowest BCUT2D eigenvalue weighted by molar-refractivity contribution is -0.384. The first kappa shape index (κ1) is 20.4. The summed E-state index contributed by atoms with van der Waals surface area (Å²) < 4.78 is 11.2. The van der Waals surface area contributed by atoms with Crippen LogP contribution in [0.1, 0.15) is 11.5 Å². The minimum absolute atomic E-state index is 0.0596. The molecular formula is C22H14N4O6. The minimum atomic E-state index is -0.475. The van der Waals surface area contributed by atoms with Gasteiger partial charge in [0.1, 0.15) is 23.0 Å². The van der Waals surface area contributed by atoms with Crippen LogP contribution in [0.5, 0.6) is 0 Å². The van der Waals surface area contributed by atoms with Crippen molar-refractivity contribution in [3.63, 3.8) is 0 Å². The van der Waals surface area contributed by atoms with Gasteiger partial charge in [-0.05, 0) is 36.4 Å². The molecule has 0 saturated heterocycles. The van der Waals surface area contributed by atoms with E-state index in [1.165, 1.54) is 24.6 Å². The first-order valence-corrected chi connectivity index (χ1v) is 9.26. The second kappa shape index (κ2) is 8.88. The Morgan fingerprint density at radius 2 is 1.03 bits per heavy atom. The molecule has 10 nitrogen and oxygen atoms in total. The maximum Gasteiger partial charge on any atom is 0.280 e. The number of nitro benzene ring substituents is 2. The first-order chi connectivity index (χ1) is 15.5. The van der Waals surface area contributed by atoms with E-state index in [9.17, 15) is 20.2 Å². The molecule has 4 rings (SSSR count). The quantitative estimate of drug-likeness (QED) is 0.216. The summed E-state index contributed by atoms with van der Waals surface area (Å²) in [6.07, 6.45) is 2.70. The Kier molecular flexibility index (Phi) is 5.66. The maximum atomic E-state index is 11.2. The summed E-state index contributed by atoms with van der Waals surface area (Å²) in [5, 5.41) is 30.1. The van der Waals surface area contributed by atoms with Crippen LogP contribution >= 0.6 is 0 Å². The van der Waals surface area contributed by atoms with Gasteiger partial charge in [-0.2, -0.15) is 10.2 Å². The van der Waals surface area contributed by atoms with E-state index in [2.05, 4.69) is 10.2 Å². The van der Waals surface area contributed by atoms with Crippen LogP contribution in [0.15, 0.2) is 91.8 Å². The molecule has 0 unspecified atom stereocenters. The lowest BCUT2D eigenvalue weighted by Gasteiger charge is -1.98. The molecule has 10 heteroatoms. The average Bonchev–Trinajstić information content (AvgIpc) is 3.46. The van der Waals surface area contributed by atoms with Crippen LogP contribution in [0, 0.1) is 20.2 Å². The van der Waals surface area contributed by atoms with Crippen LogP contribution in [-0.2, 0) is 0 Å². The zero-order valence-corrected chi connectivity index (χ0v) is 16.3. The summed E-state index contributed by atoms with van der Waals surface area (Å²) in [5.74, 6) is 1.39. The second-order valence-electron chi connectivity index (χ2n) is 6.44. The van der Waals surface area contributed by atoms with Gasteiger partial charge < -0.3 is 8.83 Å². The summed E-state index contributed by atoms with van der Waals surface area (Å²) in [7, 11) is 0. The second-order valence-corrected chi connectivity index (χ2v) is 6.44. The van der Waals surface area contributed by atoms with Gasteiger partial charge in [-0.25, -0.2) is 0 Å². The van der Waals surface area contributed by atoms with Gasteiger partial charge in [0.2, 0.25) is 0 Å². The van der Waals surface area contributed by atoms with Crippen molar-refractivity contribution in [2.24, 2.45) is 10.2 Å². The Morgan fingerprint density at radius 3 is 1.44 bits per heavy atom. The van der Waals surface area contributed by atoms with Crippen molar-refractivity contribution in [1.82, 2.24) is 0 Å². The topological polar surface area (TPSA) is 137 Å². The molecule has 0 spiro atoms. The van der Waals surface area contributed by atoms with E-state index in [4.69, 9.17) is 8.83 Å². The molecule has 2 heterocycles. The highest BCUT2D eigenvalue weighted by molar-refractivity contribution is 5.81. The number of rotatable bonds is 7. The molecule has 0 amide bonds. The SMILES string of the molecule is O=[N+]([O-])c1ccccc1-c1ccc(C=NN=Cc2ccc(-c3ccccc3[N+](=O)[O-])o2)o1. The highest BCUT2D eigenvalue weighted by Crippen LogP contribution is 2.31. The molecular weight excluding hydrogens is 416 g/mol. The summed E-state index contributed by atoms with van der Waals surface area (Å²) in [6, 6.07) is 19.0. The van der Waals surface area contributed by atoms with Gasteiger partial charge in [0.05, 0.1) is 33.4 Å². The smallest absolute Gasteiger partial charge is 0.280 e. The molecule has 0 aliphatic rings. The first-order valence-electron chi connectivity index (χ1n) is 9.26. The molecule has 0 fully saturated rings. The standard InChI is InChI=1S/C22H14N4O6/c27-25(28)19-7-3-1-5-17(19)21-11-9-15(31-21)13-23-24-14-16-10-12-22(32-16)18-6-2-4-8-20(18)26(29)30/h1-14H. The number of nitrogens with zero attached hydrogens (tertiary/aromatic N) is 4. The fraction of sp³-hybridized carbons (Fsp3) is 0. The van der Waals surface area contributed by atoms with E-state index in [-0.39, 0.29) is 11.4 Å². The van der Waals surface area contributed by atoms with Gasteiger partial charge in [0, 0.05) is 12.1 Å². The van der Waals surface area contributed by atoms with E-state index in [1.54, 1.807) is 60.7 Å². The fourth-order valence-corrected chi connectivity index (χ4v) is 3.00. The average molecular weight is 430 g/mol. The van der Waals surface area contributed by atoms with Crippen molar-refractivity contribution < 1.29 is 18.7 Å². The van der Waals surface area contributed by atoms with Crippen molar-refractivity contribution in [1.29, 1.82) is 0 Å². The van der Waals surface area contributed by atoms with Gasteiger partial charge in [0.25, 0.3) is 11.4 Å². The van der Waals surface area contributed by atoms with Gasteiger partial charge in [-0.15, -0.1) is 0 Å². The normalized spacial score (nSPS) is 11.4. The van der Waals surface area contributed by atoms with Crippen LogP contribution in [0.4, 0.5) is 11.4 Å². The van der Waals surface area contributed by atoms with E-state index >= 15 is 0 Å². The molecule has 0 N–H and O–H groups in total. The summed E-state index contributed by atoms with van der Waals surface area (Å²) in [5.41, 5.74) is 0.601. The lowest BCUT2D eigenvalue weighted by atomic mass is 10.1. The lowest BCUT2D eigenvalue weighted by Crippen LogP contribution is -1.90. The number of hydrogen-bond donors (Lipinski definition) is 0. The van der Waals surface area contributed by atoms with Gasteiger partial charge in [-0.3, -0.25) is 20.2 Å². The molecule has 0 bridgehead atoms. The molecule has 0 radical (unpaired) electrons. The third-order valence-corrected chi connectivity index (χ3v) is 4.42. The van der Waals surface area contributed by atoms with Crippen molar-refractivity contribution in [2.45, 2.75) is 0 Å². The molecule has 2 aromatic heterocycles. The Bertz CT molecular complexity index is 1250. The summed E-state index contributed by atoms with van der Waals surface area (Å²) in [4.78, 5) is 21.4. The van der Waals surface area contributed by atoms with Crippen molar-refractivity contribution in [2.75, 3.05) is 0 Å². The van der Waals surface area contributed by atoms with E-state index in [0.29, 0.717) is 34.2 Å². The van der Waals surface area contributed by atoms with Crippen molar-refractivity contribution in [3.8, 4) is 22.6 Å². The Labute approximate surface area is 180 Å². The Hall–Kier alpha value is -4.86. The van der Waals surface area contributed by atoms with Crippen molar-refractivity contribution in [3.05, 3.63) is 105 Å². The molecule has 0 saturated carbocycles. The van der Waals surface area contributed by atoms with Crippen molar-refractivity contribution >= 4 is 23.8 Å². The largest absolute Gasteiger partial charge is 0.455 e. The fourth-order valence-electron chi connectivity index (χ4n) is 3.00. The van der Waals surface area contributed by atoms with E-state index < -0.39 is 9.85 Å². The number of hydrogen-bond acceptors (Lipinski definition) is 8. The molecule has 2 aromatic carbocycles. The minimum Gasteiger partial charge on any atom is -0.455 e. The summed E-state index contributed by atoms with van der Waals surface area (Å²) in [6.45, 7) is 0. The number of para-hydroxylation sites is 2. The van der Waals surface area contributed by atoms with Gasteiger partial charge in [0.15, 0.2) is 0 Å².